The summed E-state index contributed by atoms with van der Waals surface area (Å²) in [7, 11) is -20.9. The molecular weight excluding hydrogens is 555 g/mol. The summed E-state index contributed by atoms with van der Waals surface area (Å²) in [5.74, 6) is 0. The van der Waals surface area contributed by atoms with Gasteiger partial charge in [0.25, 0.3) is 0 Å². The van der Waals surface area contributed by atoms with Crippen molar-refractivity contribution < 1.29 is 70.8 Å². The van der Waals surface area contributed by atoms with Gasteiger partial charge in [-0.3, -0.25) is 0 Å². The van der Waals surface area contributed by atoms with Crippen LogP contribution in [0.5, 0.6) is 0 Å². The third-order valence-corrected chi connectivity index (χ3v) is 1.90. The van der Waals surface area contributed by atoms with E-state index in [1.807, 2.05) is 0 Å². The second-order valence-electron chi connectivity index (χ2n) is 3.31. The van der Waals surface area contributed by atoms with Crippen molar-refractivity contribution in [1.82, 2.24) is 0 Å². The molecule has 0 saturated heterocycles. The molecule has 0 rings (SSSR count). The van der Waals surface area contributed by atoms with Crippen molar-refractivity contribution >= 4 is 23.5 Å². The maximum absolute atomic E-state index is 10.7. The SMILES string of the molecule is CCP(C)C.F[P-](F)(F)(F)(F)F.F[P-](F)(F)(F)(F)F.[Re]. The van der Waals surface area contributed by atoms with E-state index in [1.165, 1.54) is 6.16 Å². The molecule has 0 aliphatic heterocycles. The van der Waals surface area contributed by atoms with Crippen molar-refractivity contribution in [3.05, 3.63) is 0 Å². The van der Waals surface area contributed by atoms with Crippen molar-refractivity contribution in [2.24, 2.45) is 0 Å². The zero-order valence-corrected chi connectivity index (χ0v) is 15.4. The molecule has 16 heteroatoms. The van der Waals surface area contributed by atoms with Crippen LogP contribution in [-0.2, 0) is 20.4 Å². The van der Waals surface area contributed by atoms with E-state index in [-0.39, 0.29) is 20.4 Å². The summed E-state index contributed by atoms with van der Waals surface area (Å²) in [5.41, 5.74) is 0. The molecule has 0 atom stereocenters. The average molecular weight is 566 g/mol. The summed E-state index contributed by atoms with van der Waals surface area (Å²) >= 11 is 0. The van der Waals surface area contributed by atoms with Gasteiger partial charge in [0.05, 0.1) is 0 Å². The van der Waals surface area contributed by atoms with E-state index in [0.29, 0.717) is 7.92 Å². The monoisotopic (exact) mass is 567 g/mol. The van der Waals surface area contributed by atoms with E-state index in [4.69, 9.17) is 0 Å². The van der Waals surface area contributed by atoms with E-state index in [2.05, 4.69) is 20.3 Å². The Kier molecular flexibility index (Phi) is 8.69. The molecule has 0 spiro atoms. The van der Waals surface area contributed by atoms with Crippen LogP contribution < -0.4 is 0 Å². The van der Waals surface area contributed by atoms with Gasteiger partial charge in [0.2, 0.25) is 0 Å². The molecule has 0 amide bonds. The van der Waals surface area contributed by atoms with Crippen molar-refractivity contribution in [2.75, 3.05) is 19.5 Å². The van der Waals surface area contributed by atoms with Gasteiger partial charge in [0, 0.05) is 20.4 Å². The quantitative estimate of drug-likeness (QED) is 0.221. The van der Waals surface area contributed by atoms with Gasteiger partial charge in [0.1, 0.15) is 0 Å². The molecule has 0 aliphatic rings. The molecule has 0 aromatic carbocycles. The van der Waals surface area contributed by atoms with Crippen molar-refractivity contribution in [3.63, 3.8) is 0 Å². The summed E-state index contributed by atoms with van der Waals surface area (Å²) in [6.45, 7) is 6.80. The van der Waals surface area contributed by atoms with Gasteiger partial charge in [0.15, 0.2) is 0 Å². The third kappa shape index (κ3) is 647. The normalized spacial score (nSPS) is 18.6. The molecule has 0 N–H and O–H groups in total. The first kappa shape index (κ1) is 29.2. The first-order chi connectivity index (χ1) is 7.17. The average Bonchev–Trinajstić information content (AvgIpc) is 1.71. The predicted octanol–water partition coefficient (Wildman–Crippen LogP) is 8.51. The Morgan fingerprint density at radius 2 is 0.650 bits per heavy atom. The first-order valence-electron chi connectivity index (χ1n) is 3.95. The Hall–Kier alpha value is 1.11. The van der Waals surface area contributed by atoms with Crippen LogP contribution >= 0.6 is 23.5 Å². The summed E-state index contributed by atoms with van der Waals surface area (Å²) in [6.07, 6.45) is 1.37. The zero-order valence-electron chi connectivity index (χ0n) is 9.96. The fourth-order valence-corrected chi connectivity index (χ4v) is 0. The van der Waals surface area contributed by atoms with E-state index in [0.717, 1.165) is 0 Å². The molecule has 0 aliphatic carbocycles. The Morgan fingerprint density at radius 3 is 0.650 bits per heavy atom. The predicted molar refractivity (Wildman–Crippen MR) is 56.4 cm³/mol. The molecule has 1 radical (unpaired) electrons. The minimum Gasteiger partial charge on any atom is 0 e. The van der Waals surface area contributed by atoms with Crippen molar-refractivity contribution in [2.45, 2.75) is 6.92 Å². The van der Waals surface area contributed by atoms with E-state index >= 15 is 0 Å². The fraction of sp³-hybridized carbons (Fsp3) is 1.00. The van der Waals surface area contributed by atoms with Crippen molar-refractivity contribution in [3.8, 4) is 0 Å². The van der Waals surface area contributed by atoms with Crippen LogP contribution in [0.3, 0.4) is 0 Å². The second-order valence-corrected chi connectivity index (χ2v) is 9.94. The van der Waals surface area contributed by atoms with Crippen LogP contribution in [0.25, 0.3) is 0 Å². The number of hydrogen-bond acceptors (Lipinski definition) is 0. The largest absolute Gasteiger partial charge is 0 e. The molecule has 0 aromatic rings. The van der Waals surface area contributed by atoms with Crippen LogP contribution in [0, 0.1) is 0 Å². The van der Waals surface area contributed by atoms with Crippen LogP contribution in [0.4, 0.5) is 50.4 Å². The molecule has 0 bridgehead atoms. The maximum Gasteiger partial charge on any atom is 0 e. The fourth-order valence-electron chi connectivity index (χ4n) is 0. The Morgan fingerprint density at radius 1 is 0.600 bits per heavy atom. The summed E-state index contributed by atoms with van der Waals surface area (Å²) in [6, 6.07) is 0. The number of halogens is 12. The Labute approximate surface area is 121 Å². The molecular formula is C4H11F12P3Re-2. The van der Waals surface area contributed by atoms with E-state index in [9.17, 15) is 50.4 Å². The molecule has 135 valence electrons. The minimum atomic E-state index is -10.7. The van der Waals surface area contributed by atoms with Gasteiger partial charge >= 0.3 is 66.0 Å². The molecule has 0 nitrogen and oxygen atoms in total. The first-order valence-corrected chi connectivity index (χ1v) is 10.4. The van der Waals surface area contributed by atoms with Gasteiger partial charge in [-0.15, -0.1) is 7.92 Å². The number of hydrogen-bond donors (Lipinski definition) is 0. The van der Waals surface area contributed by atoms with Crippen LogP contribution in [0.2, 0.25) is 0 Å². The summed E-state index contributed by atoms with van der Waals surface area (Å²) in [5, 5.41) is 0. The zero-order chi connectivity index (χ0) is 17.1. The van der Waals surface area contributed by atoms with Gasteiger partial charge in [-0.2, -0.15) is 0 Å². The third-order valence-electron chi connectivity index (χ3n) is 0.632. The molecule has 0 fully saturated rings. The maximum atomic E-state index is 9.87. The second kappa shape index (κ2) is 5.96. The van der Waals surface area contributed by atoms with Gasteiger partial charge < -0.3 is 0 Å². The van der Waals surface area contributed by atoms with Gasteiger partial charge in [-0.1, -0.05) is 6.92 Å². The van der Waals surface area contributed by atoms with E-state index in [1.54, 1.807) is 0 Å². The van der Waals surface area contributed by atoms with Crippen LogP contribution in [-0.4, -0.2) is 19.5 Å². The van der Waals surface area contributed by atoms with Crippen LogP contribution in [0.1, 0.15) is 6.92 Å². The van der Waals surface area contributed by atoms with Crippen molar-refractivity contribution in [1.29, 1.82) is 0 Å². The Bertz CT molecular complexity index is 227. The van der Waals surface area contributed by atoms with Gasteiger partial charge in [-0.25, -0.2) is 0 Å². The molecule has 0 heterocycles. The van der Waals surface area contributed by atoms with E-state index < -0.39 is 15.6 Å². The van der Waals surface area contributed by atoms with Gasteiger partial charge in [-0.05, 0) is 19.5 Å². The summed E-state index contributed by atoms with van der Waals surface area (Å²) < 4.78 is 118. The smallest absolute Gasteiger partial charge is 0 e. The molecule has 0 saturated carbocycles. The molecule has 20 heavy (non-hydrogen) atoms. The number of rotatable bonds is 1. The van der Waals surface area contributed by atoms with Crippen LogP contribution in [0.15, 0.2) is 0 Å². The molecule has 0 aromatic heterocycles. The minimum absolute atomic E-state index is 0. The standard InChI is InChI=1S/C4H11P.2F6P.Re/c1-4-5(2)3;2*1-7(2,3,4,5)6;/h4H2,1-3H3;;;/q;2*-1;. The topological polar surface area (TPSA) is 0 Å². The summed E-state index contributed by atoms with van der Waals surface area (Å²) in [4.78, 5) is 0. The Balaban J connectivity index is -0.0000000952. The molecule has 0 unspecified atom stereocenters.